The van der Waals surface area contributed by atoms with Gasteiger partial charge in [-0.25, -0.2) is 47.1 Å². The third kappa shape index (κ3) is 9.62. The lowest BCUT2D eigenvalue weighted by Crippen LogP contribution is -2.40. The van der Waals surface area contributed by atoms with Crippen molar-refractivity contribution in [1.82, 2.24) is 48.1 Å². The van der Waals surface area contributed by atoms with Gasteiger partial charge < -0.3 is 34.0 Å². The molecule has 2 saturated heterocycles. The van der Waals surface area contributed by atoms with E-state index in [1.807, 2.05) is 4.90 Å². The predicted molar refractivity (Wildman–Crippen MR) is 262 cm³/mol. The number of aryl methyl sites for hydroxylation is 3. The Morgan fingerprint density at radius 3 is 1.71 bits per heavy atom. The van der Waals surface area contributed by atoms with Crippen molar-refractivity contribution >= 4 is 69.9 Å². The largest absolute Gasteiger partial charge is 0.361 e. The molecule has 0 bridgehead atoms. The number of nitrogens with zero attached hydrogens (tertiary/aromatic N) is 13. The van der Waals surface area contributed by atoms with E-state index in [2.05, 4.69) is 40.9 Å². The van der Waals surface area contributed by atoms with E-state index in [4.69, 9.17) is 20.6 Å². The van der Waals surface area contributed by atoms with E-state index >= 15 is 0 Å². The highest BCUT2D eigenvalue weighted by Gasteiger charge is 2.72. The summed E-state index contributed by atoms with van der Waals surface area (Å²) in [5.41, 5.74) is -0.182. The highest BCUT2D eigenvalue weighted by molar-refractivity contribution is 6.29. The first-order valence-electron chi connectivity index (χ1n) is 23.4. The first kappa shape index (κ1) is 50.3. The van der Waals surface area contributed by atoms with Crippen molar-refractivity contribution in [3.8, 4) is 0 Å². The minimum absolute atomic E-state index is 0.0800. The molecule has 4 unspecified atom stereocenters. The lowest BCUT2D eigenvalue weighted by atomic mass is 10.2. The Morgan fingerprint density at radius 1 is 0.720 bits per heavy atom. The summed E-state index contributed by atoms with van der Waals surface area (Å²) in [4.78, 5) is 94.9. The number of piperidine rings is 2. The number of carbonyl (C=O) groups is 2. The van der Waals surface area contributed by atoms with Gasteiger partial charge in [-0.3, -0.25) is 37.4 Å². The molecule has 2 saturated carbocycles. The number of alkyl halides is 5. The van der Waals surface area contributed by atoms with Crippen molar-refractivity contribution in [3.63, 3.8) is 0 Å². The van der Waals surface area contributed by atoms with E-state index in [0.29, 0.717) is 71.3 Å². The lowest BCUT2D eigenvalue weighted by molar-refractivity contribution is -0.116. The van der Waals surface area contributed by atoms with E-state index < -0.39 is 58.4 Å². The number of hydrogen-bond donors (Lipinski definition) is 2. The summed E-state index contributed by atoms with van der Waals surface area (Å²) in [5.74, 6) is -5.05. The number of halogens is 5. The maximum atomic E-state index is 13.5. The maximum absolute atomic E-state index is 13.5. The summed E-state index contributed by atoms with van der Waals surface area (Å²) >= 11 is 5.39. The van der Waals surface area contributed by atoms with Crippen molar-refractivity contribution in [2.24, 2.45) is 42.8 Å². The van der Waals surface area contributed by atoms with Crippen molar-refractivity contribution in [1.29, 1.82) is 0 Å². The second-order valence-electron chi connectivity index (χ2n) is 18.8. The van der Waals surface area contributed by atoms with Gasteiger partial charge in [0.25, 0.3) is 23.0 Å². The smallest absolute Gasteiger partial charge is 0.332 e. The minimum Gasteiger partial charge on any atom is -0.361 e. The number of nitrogens with one attached hydrogen (secondary N) is 2. The molecule has 7 aromatic heterocycles. The van der Waals surface area contributed by atoms with Gasteiger partial charge in [-0.1, -0.05) is 22.4 Å². The van der Waals surface area contributed by atoms with E-state index in [9.17, 15) is 46.3 Å². The normalized spacial score (nSPS) is 19.9. The number of anilines is 4. The predicted octanol–water partition coefficient (Wildman–Crippen LogP) is 3.09. The first-order valence-corrected chi connectivity index (χ1v) is 24.0. The van der Waals surface area contributed by atoms with Crippen LogP contribution < -0.4 is 42.9 Å². The molecule has 2 amide bonds. The fraction of sp³-hybridized carbons (Fsp3) is 0.404. The molecule has 23 nitrogen and oxygen atoms in total. The molecule has 0 radical (unpaired) electrons. The van der Waals surface area contributed by atoms with E-state index in [1.54, 1.807) is 80.5 Å². The number of carbonyl (C=O) groups excluding carboxylic acids is 2. The van der Waals surface area contributed by atoms with Crippen molar-refractivity contribution in [3.05, 3.63) is 125 Å². The monoisotopic (exact) mass is 1060 g/mol. The molecule has 4 atom stereocenters. The van der Waals surface area contributed by atoms with Gasteiger partial charge in [-0.2, -0.15) is 0 Å². The first-order chi connectivity index (χ1) is 35.7. The molecule has 0 aromatic carbocycles. The molecule has 4 fully saturated rings. The lowest BCUT2D eigenvalue weighted by Gasteiger charge is -2.21. The van der Waals surface area contributed by atoms with Crippen molar-refractivity contribution < 1.29 is 36.2 Å². The number of hydrogen-bond acceptors (Lipinski definition) is 16. The minimum atomic E-state index is -2.59. The van der Waals surface area contributed by atoms with Crippen LogP contribution in [0.15, 0.2) is 88.1 Å². The molecule has 2 aliphatic carbocycles. The Hall–Kier alpha value is -8.23. The van der Waals surface area contributed by atoms with Gasteiger partial charge in [0, 0.05) is 65.0 Å². The summed E-state index contributed by atoms with van der Waals surface area (Å²) in [6, 6.07) is 13.4. The van der Waals surface area contributed by atoms with E-state index in [1.165, 1.54) is 27.1 Å². The van der Waals surface area contributed by atoms with Crippen LogP contribution >= 0.6 is 11.6 Å². The third-order valence-electron chi connectivity index (χ3n) is 13.7. The van der Waals surface area contributed by atoms with Crippen LogP contribution in [0, 0.1) is 37.5 Å². The molecular weight excluding hydrogens is 1010 g/mol. The van der Waals surface area contributed by atoms with Crippen LogP contribution in [-0.4, -0.2) is 110 Å². The summed E-state index contributed by atoms with van der Waals surface area (Å²) in [6.45, 7) is 4.28. The Kier molecular flexibility index (Phi) is 12.9. The Bertz CT molecular complexity index is 3660. The number of pyridine rings is 2. The van der Waals surface area contributed by atoms with Gasteiger partial charge in [0.15, 0.2) is 11.2 Å². The number of imidazole rings is 1. The van der Waals surface area contributed by atoms with Crippen LogP contribution in [0.5, 0.6) is 0 Å². The van der Waals surface area contributed by atoms with E-state index in [0.717, 1.165) is 9.13 Å². The van der Waals surface area contributed by atoms with Crippen LogP contribution in [0.25, 0.3) is 11.2 Å². The Labute approximate surface area is 425 Å². The van der Waals surface area contributed by atoms with Gasteiger partial charge in [0.2, 0.25) is 11.8 Å². The Balaban J connectivity index is 0.000000142. The summed E-state index contributed by atoms with van der Waals surface area (Å²) in [7, 11) is 3.09. The molecule has 28 heteroatoms. The average molecular weight is 1060 g/mol. The number of amides is 2. The zero-order valence-electron chi connectivity index (χ0n) is 40.4. The Morgan fingerprint density at radius 2 is 1.21 bits per heavy atom. The number of fused-ring (bicyclic) bond motifs is 4. The van der Waals surface area contributed by atoms with Crippen molar-refractivity contribution in [2.45, 2.75) is 51.7 Å². The molecule has 392 valence electrons. The van der Waals surface area contributed by atoms with Gasteiger partial charge in [0.1, 0.15) is 64.4 Å². The van der Waals surface area contributed by atoms with Crippen LogP contribution in [0.4, 0.5) is 46.7 Å². The third-order valence-corrected chi connectivity index (χ3v) is 13.9. The average Bonchev–Trinajstić information content (AvgIpc) is 4.13. The number of rotatable bonds is 11. The van der Waals surface area contributed by atoms with Crippen LogP contribution in [-0.2, 0) is 49.7 Å². The number of aromatic nitrogens is 10. The fourth-order valence-electron chi connectivity index (χ4n) is 9.66. The quantitative estimate of drug-likeness (QED) is 0.139. The molecule has 5 aliphatic rings. The van der Waals surface area contributed by atoms with Gasteiger partial charge in [-0.05, 0) is 38.1 Å². The van der Waals surface area contributed by atoms with Gasteiger partial charge in [0.05, 0.1) is 48.7 Å². The van der Waals surface area contributed by atoms with Gasteiger partial charge >= 0.3 is 11.4 Å². The zero-order valence-corrected chi connectivity index (χ0v) is 41.2. The summed E-state index contributed by atoms with van der Waals surface area (Å²) in [6.07, 6.45) is 3.41. The van der Waals surface area contributed by atoms with E-state index in [-0.39, 0.29) is 67.1 Å². The molecule has 75 heavy (non-hydrogen) atoms. The van der Waals surface area contributed by atoms with Crippen LogP contribution in [0.2, 0.25) is 0 Å². The maximum Gasteiger partial charge on any atom is 0.332 e. The molecule has 0 spiro atoms. The zero-order chi connectivity index (χ0) is 53.2. The van der Waals surface area contributed by atoms with Crippen molar-refractivity contribution in [2.75, 3.05) is 52.5 Å². The molecule has 7 aromatic rings. The molecular formula is C47H46ClF4N15O8. The number of aliphatic imine (C=N–C) groups is 1. The molecule has 2 N–H and O–H groups in total. The topological polar surface area (TPSA) is 261 Å². The second kappa shape index (κ2) is 19.2. The summed E-state index contributed by atoms with van der Waals surface area (Å²) in [5, 5.41) is 12.9. The second-order valence-corrected chi connectivity index (χ2v) is 19.0. The summed E-state index contributed by atoms with van der Waals surface area (Å²) < 4.78 is 69.4. The van der Waals surface area contributed by atoms with Crippen LogP contribution in [0.1, 0.15) is 28.5 Å². The molecule has 10 heterocycles. The fourth-order valence-corrected chi connectivity index (χ4v) is 9.72. The standard InChI is InChI=1S/C23H22F2N8O4.C12H12ClF2N3O.C12H12N4O3/c1-12-6-13(29-37-12)7-33-21(35)19-20(30(2)22(33)36)26-11-32(19)10-18(34)28-16-4-3-5-17(27-16)31-8-14-15(9-31)23(14,24)25;13-4-11(19)17-9-2-1-3-10(16-9)18-5-7-8(6-18)12(7,14)15;1-7-5-8(14-19-7)6-16-11(17)9-3-4-13-10(9)15(2)12(16)18/h3-6,11,14-15H,7-10H2,1-2H3,(H,27,28,34);1-3,7-8H,4-6H2,(H,16,17,19);4-5H,3,6H2,1-2H3. The van der Waals surface area contributed by atoms with Crippen LogP contribution in [0.3, 0.4) is 0 Å². The van der Waals surface area contributed by atoms with Gasteiger partial charge in [-0.15, -0.1) is 11.6 Å². The molecule has 3 aliphatic heterocycles. The highest BCUT2D eigenvalue weighted by Crippen LogP contribution is 2.60. The molecule has 12 rings (SSSR count). The SMILES string of the molecule is Cc1cc(Cn2c(=O)c3c(n(C)c2=O)N=CC3)no1.Cc1cc(Cn2c(=O)c3c(ncn3CC(=O)Nc3cccc(N4CC5C(C4)C5(F)F)n3)n(C)c2=O)no1.O=C(CCl)Nc1cccc(N2CC3C(C2)C3(F)F)n1. The highest BCUT2D eigenvalue weighted by atomic mass is 35.5.